The molecule has 1 atom stereocenters. The number of aryl methyl sites for hydroxylation is 1. The summed E-state index contributed by atoms with van der Waals surface area (Å²) in [4.78, 5) is 12.5. The summed E-state index contributed by atoms with van der Waals surface area (Å²) in [6.45, 7) is 2.00. The standard InChI is InChI=1S/C16H17NO2S/c1-11-7-8-13(17)9-15(11)20-10-14(16(18)19)12-5-3-2-4-6-12/h2-9,14H,10,17H2,1H3,(H,18,19). The van der Waals surface area contributed by atoms with Crippen molar-refractivity contribution in [1.82, 2.24) is 0 Å². The Morgan fingerprint density at radius 3 is 2.60 bits per heavy atom. The normalized spacial score (nSPS) is 12.1. The molecule has 1 unspecified atom stereocenters. The Bertz CT molecular complexity index is 599. The van der Waals surface area contributed by atoms with Gasteiger partial charge in [-0.2, -0.15) is 0 Å². The third kappa shape index (κ3) is 3.54. The number of hydrogen-bond donors (Lipinski definition) is 2. The maximum absolute atomic E-state index is 11.4. The maximum atomic E-state index is 11.4. The maximum Gasteiger partial charge on any atom is 0.311 e. The third-order valence-corrected chi connectivity index (χ3v) is 4.37. The van der Waals surface area contributed by atoms with Crippen LogP contribution in [0.3, 0.4) is 0 Å². The van der Waals surface area contributed by atoms with Gasteiger partial charge in [0.1, 0.15) is 0 Å². The summed E-state index contributed by atoms with van der Waals surface area (Å²) in [6.07, 6.45) is 0. The van der Waals surface area contributed by atoms with Gasteiger partial charge in [-0.3, -0.25) is 4.79 Å². The fourth-order valence-corrected chi connectivity index (χ4v) is 3.14. The van der Waals surface area contributed by atoms with E-state index in [1.165, 1.54) is 11.8 Å². The van der Waals surface area contributed by atoms with E-state index in [1.54, 1.807) is 0 Å². The zero-order chi connectivity index (χ0) is 14.5. The predicted molar refractivity (Wildman–Crippen MR) is 83.1 cm³/mol. The molecule has 0 saturated carbocycles. The van der Waals surface area contributed by atoms with Crippen molar-refractivity contribution in [3.8, 4) is 0 Å². The van der Waals surface area contributed by atoms with E-state index < -0.39 is 11.9 Å². The average molecular weight is 287 g/mol. The number of aliphatic carboxylic acids is 1. The summed E-state index contributed by atoms with van der Waals surface area (Å²) in [7, 11) is 0. The van der Waals surface area contributed by atoms with Gasteiger partial charge in [0.15, 0.2) is 0 Å². The van der Waals surface area contributed by atoms with Crippen LogP contribution in [0.1, 0.15) is 17.0 Å². The van der Waals surface area contributed by atoms with Crippen LogP contribution in [0.25, 0.3) is 0 Å². The van der Waals surface area contributed by atoms with E-state index in [4.69, 9.17) is 5.73 Å². The molecule has 2 rings (SSSR count). The molecule has 20 heavy (non-hydrogen) atoms. The molecule has 0 fully saturated rings. The summed E-state index contributed by atoms with van der Waals surface area (Å²) in [5.41, 5.74) is 8.41. The van der Waals surface area contributed by atoms with Crippen molar-refractivity contribution >= 4 is 23.4 Å². The van der Waals surface area contributed by atoms with Crippen molar-refractivity contribution in [1.29, 1.82) is 0 Å². The summed E-state index contributed by atoms with van der Waals surface area (Å²) >= 11 is 1.53. The second-order valence-corrected chi connectivity index (χ2v) is 5.70. The third-order valence-electron chi connectivity index (χ3n) is 3.12. The predicted octanol–water partition coefficient (Wildman–Crippen LogP) is 3.54. The number of nitrogens with two attached hydrogens (primary N) is 1. The van der Waals surface area contributed by atoms with Gasteiger partial charge in [0.05, 0.1) is 5.92 Å². The van der Waals surface area contributed by atoms with Crippen LogP contribution in [-0.2, 0) is 4.79 Å². The second-order valence-electron chi connectivity index (χ2n) is 4.64. The van der Waals surface area contributed by atoms with Crippen LogP contribution in [0.2, 0.25) is 0 Å². The lowest BCUT2D eigenvalue weighted by atomic mass is 10.0. The highest BCUT2D eigenvalue weighted by Crippen LogP contribution is 2.30. The zero-order valence-corrected chi connectivity index (χ0v) is 12.1. The average Bonchev–Trinajstić information content (AvgIpc) is 2.43. The summed E-state index contributed by atoms with van der Waals surface area (Å²) in [5.74, 6) is -0.823. The quantitative estimate of drug-likeness (QED) is 0.652. The van der Waals surface area contributed by atoms with Crippen LogP contribution >= 0.6 is 11.8 Å². The number of thioether (sulfide) groups is 1. The first-order chi connectivity index (χ1) is 9.58. The van der Waals surface area contributed by atoms with E-state index in [0.717, 1.165) is 16.0 Å². The van der Waals surface area contributed by atoms with Gasteiger partial charge >= 0.3 is 5.97 Å². The van der Waals surface area contributed by atoms with Crippen molar-refractivity contribution in [3.05, 3.63) is 59.7 Å². The van der Waals surface area contributed by atoms with Gasteiger partial charge in [0, 0.05) is 16.3 Å². The van der Waals surface area contributed by atoms with Gasteiger partial charge < -0.3 is 10.8 Å². The van der Waals surface area contributed by atoms with Crippen molar-refractivity contribution in [2.75, 3.05) is 11.5 Å². The fraction of sp³-hybridized carbons (Fsp3) is 0.188. The lowest BCUT2D eigenvalue weighted by Gasteiger charge is -2.13. The highest BCUT2D eigenvalue weighted by molar-refractivity contribution is 7.99. The van der Waals surface area contributed by atoms with E-state index in [1.807, 2.05) is 55.5 Å². The molecule has 0 radical (unpaired) electrons. The Morgan fingerprint density at radius 2 is 1.95 bits per heavy atom. The molecule has 0 aromatic heterocycles. The van der Waals surface area contributed by atoms with Crippen molar-refractivity contribution in [2.45, 2.75) is 17.7 Å². The highest BCUT2D eigenvalue weighted by atomic mass is 32.2. The van der Waals surface area contributed by atoms with Gasteiger partial charge in [-0.1, -0.05) is 36.4 Å². The first kappa shape index (κ1) is 14.5. The molecule has 2 aromatic rings. The molecule has 104 valence electrons. The molecule has 3 N–H and O–H groups in total. The van der Waals surface area contributed by atoms with Crippen molar-refractivity contribution in [3.63, 3.8) is 0 Å². The number of hydrogen-bond acceptors (Lipinski definition) is 3. The molecular formula is C16H17NO2S. The molecule has 0 aliphatic rings. The van der Waals surface area contributed by atoms with Gasteiger partial charge in [0.25, 0.3) is 0 Å². The Kier molecular flexibility index (Phi) is 4.69. The van der Waals surface area contributed by atoms with Crippen LogP contribution in [0.4, 0.5) is 5.69 Å². The molecule has 0 aliphatic carbocycles. The minimum atomic E-state index is -0.801. The number of carboxylic acids is 1. The number of carboxylic acid groups (broad SMARTS) is 1. The first-order valence-electron chi connectivity index (χ1n) is 6.34. The largest absolute Gasteiger partial charge is 0.481 e. The minimum absolute atomic E-state index is 0.490. The molecule has 0 aliphatic heterocycles. The van der Waals surface area contributed by atoms with Gasteiger partial charge in [-0.25, -0.2) is 0 Å². The summed E-state index contributed by atoms with van der Waals surface area (Å²) < 4.78 is 0. The molecule has 0 saturated heterocycles. The minimum Gasteiger partial charge on any atom is -0.481 e. The zero-order valence-electron chi connectivity index (χ0n) is 11.2. The van der Waals surface area contributed by atoms with Crippen LogP contribution in [0.15, 0.2) is 53.4 Å². The Labute approximate surface area is 122 Å². The van der Waals surface area contributed by atoms with Gasteiger partial charge in [0.2, 0.25) is 0 Å². The lowest BCUT2D eigenvalue weighted by molar-refractivity contribution is -0.138. The Morgan fingerprint density at radius 1 is 1.25 bits per heavy atom. The van der Waals surface area contributed by atoms with Gasteiger partial charge in [-0.15, -0.1) is 11.8 Å². The van der Waals surface area contributed by atoms with Crippen molar-refractivity contribution < 1.29 is 9.90 Å². The number of carbonyl (C=O) groups is 1. The lowest BCUT2D eigenvalue weighted by Crippen LogP contribution is -2.14. The fourth-order valence-electron chi connectivity index (χ4n) is 1.94. The van der Waals surface area contributed by atoms with E-state index in [0.29, 0.717) is 11.4 Å². The van der Waals surface area contributed by atoms with Crippen LogP contribution in [-0.4, -0.2) is 16.8 Å². The second kappa shape index (κ2) is 6.48. The summed E-state index contributed by atoms with van der Waals surface area (Å²) in [5, 5.41) is 9.39. The monoisotopic (exact) mass is 287 g/mol. The molecule has 0 bridgehead atoms. The number of benzene rings is 2. The molecular weight excluding hydrogens is 270 g/mol. The number of nitrogen functional groups attached to an aromatic ring is 1. The van der Waals surface area contributed by atoms with E-state index in [9.17, 15) is 9.90 Å². The molecule has 3 nitrogen and oxygen atoms in total. The number of anilines is 1. The molecule has 0 heterocycles. The van der Waals surface area contributed by atoms with Crippen LogP contribution < -0.4 is 5.73 Å². The molecule has 0 spiro atoms. The SMILES string of the molecule is Cc1ccc(N)cc1SCC(C(=O)O)c1ccccc1. The topological polar surface area (TPSA) is 63.3 Å². The first-order valence-corrected chi connectivity index (χ1v) is 7.33. The Hall–Kier alpha value is -1.94. The van der Waals surface area contributed by atoms with E-state index in [2.05, 4.69) is 0 Å². The smallest absolute Gasteiger partial charge is 0.311 e. The Balaban J connectivity index is 2.14. The number of rotatable bonds is 5. The van der Waals surface area contributed by atoms with E-state index >= 15 is 0 Å². The van der Waals surface area contributed by atoms with Gasteiger partial charge in [-0.05, 0) is 30.2 Å². The van der Waals surface area contributed by atoms with Crippen LogP contribution in [0.5, 0.6) is 0 Å². The van der Waals surface area contributed by atoms with Crippen LogP contribution in [0, 0.1) is 6.92 Å². The highest BCUT2D eigenvalue weighted by Gasteiger charge is 2.20. The molecule has 4 heteroatoms. The molecule has 0 amide bonds. The molecule has 2 aromatic carbocycles. The summed E-state index contributed by atoms with van der Waals surface area (Å²) in [6, 6.07) is 15.0. The van der Waals surface area contributed by atoms with E-state index in [-0.39, 0.29) is 0 Å². The van der Waals surface area contributed by atoms with Crippen molar-refractivity contribution in [2.24, 2.45) is 0 Å².